The molecule has 0 saturated carbocycles. The highest BCUT2D eigenvalue weighted by Gasteiger charge is 2.21. The lowest BCUT2D eigenvalue weighted by Crippen LogP contribution is -2.23. The first-order valence-electron chi connectivity index (χ1n) is 7.53. The molecule has 0 radical (unpaired) electrons. The highest BCUT2D eigenvalue weighted by molar-refractivity contribution is 9.10. The van der Waals surface area contributed by atoms with Crippen molar-refractivity contribution in [2.75, 3.05) is 4.90 Å². The van der Waals surface area contributed by atoms with Gasteiger partial charge in [0.1, 0.15) is 18.2 Å². The molecule has 0 N–H and O–H groups in total. The molecule has 0 aliphatic rings. The smallest absolute Gasteiger partial charge is 0.230 e. The summed E-state index contributed by atoms with van der Waals surface area (Å²) in [6.45, 7) is 1.55. The number of benzene rings is 2. The van der Waals surface area contributed by atoms with Crippen LogP contribution in [0.4, 0.5) is 15.2 Å². The topological polar surface area (TPSA) is 42.4 Å². The Morgan fingerprint density at radius 3 is 2.81 bits per heavy atom. The average Bonchev–Trinajstić information content (AvgIpc) is 3.04. The summed E-state index contributed by atoms with van der Waals surface area (Å²) in [5.41, 5.74) is 0.782. The number of para-hydroxylation sites is 1. The van der Waals surface area contributed by atoms with Gasteiger partial charge in [-0.1, -0.05) is 39.7 Å². The minimum Gasteiger partial charge on any atom is -0.486 e. The van der Waals surface area contributed by atoms with E-state index in [9.17, 15) is 9.18 Å². The van der Waals surface area contributed by atoms with Crippen LogP contribution in [-0.4, -0.2) is 10.9 Å². The molecule has 4 nitrogen and oxygen atoms in total. The van der Waals surface area contributed by atoms with Crippen LogP contribution in [0.25, 0.3) is 0 Å². The Morgan fingerprint density at radius 2 is 2.12 bits per heavy atom. The summed E-state index contributed by atoms with van der Waals surface area (Å²) in [4.78, 5) is 17.7. The quantitative estimate of drug-likeness (QED) is 0.476. The van der Waals surface area contributed by atoms with Gasteiger partial charge in [-0.2, -0.15) is 0 Å². The van der Waals surface area contributed by atoms with Gasteiger partial charge in [0.2, 0.25) is 5.91 Å². The van der Waals surface area contributed by atoms with E-state index < -0.39 is 5.82 Å². The van der Waals surface area contributed by atoms with E-state index in [0.29, 0.717) is 21.6 Å². The molecule has 0 aliphatic carbocycles. The zero-order chi connectivity index (χ0) is 18.7. The molecule has 3 aromatic rings. The third-order valence-corrected chi connectivity index (χ3v) is 5.07. The number of rotatable bonds is 5. The van der Waals surface area contributed by atoms with E-state index in [1.165, 1.54) is 35.3 Å². The van der Waals surface area contributed by atoms with Crippen LogP contribution in [0.5, 0.6) is 5.75 Å². The SMILES string of the molecule is CC(=O)N(c1nc(COc2ccc(Br)cc2Cl)cs1)c1ccccc1F. The fraction of sp³-hybridized carbons (Fsp3) is 0.111. The molecule has 3 rings (SSSR count). The molecule has 0 saturated heterocycles. The van der Waals surface area contributed by atoms with E-state index in [2.05, 4.69) is 20.9 Å². The monoisotopic (exact) mass is 454 g/mol. The van der Waals surface area contributed by atoms with Crippen LogP contribution in [0.15, 0.2) is 52.3 Å². The van der Waals surface area contributed by atoms with Crippen LogP contribution >= 0.6 is 38.9 Å². The Kier molecular flexibility index (Phi) is 5.90. The maximum absolute atomic E-state index is 14.1. The second-order valence-corrected chi connectivity index (χ2v) is 7.45. The van der Waals surface area contributed by atoms with E-state index in [-0.39, 0.29) is 18.2 Å². The molecule has 8 heteroatoms. The predicted molar refractivity (Wildman–Crippen MR) is 105 cm³/mol. The molecule has 2 aromatic carbocycles. The first kappa shape index (κ1) is 18.8. The zero-order valence-electron chi connectivity index (χ0n) is 13.6. The molecule has 1 amide bonds. The van der Waals surface area contributed by atoms with Gasteiger partial charge in [0, 0.05) is 16.8 Å². The summed E-state index contributed by atoms with van der Waals surface area (Å²) >= 11 is 10.7. The van der Waals surface area contributed by atoms with Crippen LogP contribution in [0.1, 0.15) is 12.6 Å². The number of anilines is 2. The van der Waals surface area contributed by atoms with Gasteiger partial charge in [0.05, 0.1) is 16.4 Å². The highest BCUT2D eigenvalue weighted by atomic mass is 79.9. The molecule has 1 aromatic heterocycles. The maximum atomic E-state index is 14.1. The maximum Gasteiger partial charge on any atom is 0.230 e. The molecule has 0 fully saturated rings. The first-order chi connectivity index (χ1) is 12.5. The van der Waals surface area contributed by atoms with Crippen molar-refractivity contribution in [3.63, 3.8) is 0 Å². The summed E-state index contributed by atoms with van der Waals surface area (Å²) in [7, 11) is 0. The summed E-state index contributed by atoms with van der Waals surface area (Å²) in [6.07, 6.45) is 0. The van der Waals surface area contributed by atoms with E-state index >= 15 is 0 Å². The number of thiazole rings is 1. The van der Waals surface area contributed by atoms with Gasteiger partial charge >= 0.3 is 0 Å². The third-order valence-electron chi connectivity index (χ3n) is 3.41. The Labute approximate surface area is 167 Å². The number of carbonyl (C=O) groups is 1. The molecule has 1 heterocycles. The molecule has 0 bridgehead atoms. The molecule has 26 heavy (non-hydrogen) atoms. The number of hydrogen-bond acceptors (Lipinski definition) is 4. The van der Waals surface area contributed by atoms with Gasteiger partial charge in [-0.15, -0.1) is 11.3 Å². The number of aromatic nitrogens is 1. The minimum atomic E-state index is -0.489. The van der Waals surface area contributed by atoms with Gasteiger partial charge in [-0.3, -0.25) is 9.69 Å². The number of ether oxygens (including phenoxy) is 1. The molecule has 134 valence electrons. The number of carbonyl (C=O) groups excluding carboxylic acids is 1. The standard InChI is InChI=1S/C18H13BrClFN2O2S/c1-11(24)23(16-5-3-2-4-15(16)21)18-22-13(10-26-18)9-25-17-7-6-12(19)8-14(17)20/h2-8,10H,9H2,1H3. The largest absolute Gasteiger partial charge is 0.486 e. The van der Waals surface area contributed by atoms with Gasteiger partial charge in [-0.05, 0) is 30.3 Å². The fourth-order valence-electron chi connectivity index (χ4n) is 2.25. The molecule has 0 aliphatic heterocycles. The number of halogens is 3. The lowest BCUT2D eigenvalue weighted by atomic mass is 10.3. The Hall–Kier alpha value is -1.96. The van der Waals surface area contributed by atoms with E-state index in [4.69, 9.17) is 16.3 Å². The second kappa shape index (κ2) is 8.16. The van der Waals surface area contributed by atoms with E-state index in [1.54, 1.807) is 29.6 Å². The average molecular weight is 456 g/mol. The Morgan fingerprint density at radius 1 is 1.35 bits per heavy atom. The van der Waals surface area contributed by atoms with Crippen LogP contribution in [0.2, 0.25) is 5.02 Å². The van der Waals surface area contributed by atoms with Crippen LogP contribution in [0.3, 0.4) is 0 Å². The van der Waals surface area contributed by atoms with E-state index in [0.717, 1.165) is 4.47 Å². The van der Waals surface area contributed by atoms with Crippen molar-refractivity contribution in [1.82, 2.24) is 4.98 Å². The lowest BCUT2D eigenvalue weighted by molar-refractivity contribution is -0.115. The fourth-order valence-corrected chi connectivity index (χ4v) is 3.84. The first-order valence-corrected chi connectivity index (χ1v) is 9.58. The summed E-state index contributed by atoms with van der Waals surface area (Å²) in [6, 6.07) is 11.4. The number of nitrogens with zero attached hydrogens (tertiary/aromatic N) is 2. The Balaban J connectivity index is 1.79. The molecular weight excluding hydrogens is 443 g/mol. The summed E-state index contributed by atoms with van der Waals surface area (Å²) in [5, 5.41) is 2.62. The van der Waals surface area contributed by atoms with Crippen molar-refractivity contribution in [3.05, 3.63) is 68.9 Å². The zero-order valence-corrected chi connectivity index (χ0v) is 16.7. The van der Waals surface area contributed by atoms with Crippen molar-refractivity contribution in [2.45, 2.75) is 13.5 Å². The predicted octanol–water partition coefficient (Wildman–Crippen LogP) is 5.96. The molecular formula is C18H13BrClFN2O2S. The van der Waals surface area contributed by atoms with Gasteiger partial charge < -0.3 is 4.74 Å². The van der Waals surface area contributed by atoms with Crippen molar-refractivity contribution in [2.24, 2.45) is 0 Å². The third kappa shape index (κ3) is 4.23. The van der Waals surface area contributed by atoms with Gasteiger partial charge in [0.15, 0.2) is 5.13 Å². The van der Waals surface area contributed by atoms with E-state index in [1.807, 2.05) is 6.07 Å². The van der Waals surface area contributed by atoms with Crippen molar-refractivity contribution in [1.29, 1.82) is 0 Å². The second-order valence-electron chi connectivity index (χ2n) is 5.29. The normalized spacial score (nSPS) is 10.6. The lowest BCUT2D eigenvalue weighted by Gasteiger charge is -2.18. The minimum absolute atomic E-state index is 0.165. The molecule has 0 unspecified atom stereocenters. The van der Waals surface area contributed by atoms with Gasteiger partial charge in [-0.25, -0.2) is 9.37 Å². The highest BCUT2D eigenvalue weighted by Crippen LogP contribution is 2.32. The van der Waals surface area contributed by atoms with Crippen LogP contribution in [0, 0.1) is 5.82 Å². The van der Waals surface area contributed by atoms with Crippen LogP contribution < -0.4 is 9.64 Å². The van der Waals surface area contributed by atoms with Gasteiger partial charge in [0.25, 0.3) is 0 Å². The number of hydrogen-bond donors (Lipinski definition) is 0. The van der Waals surface area contributed by atoms with Crippen molar-refractivity contribution >= 4 is 55.6 Å². The molecule has 0 atom stereocenters. The summed E-state index contributed by atoms with van der Waals surface area (Å²) in [5.74, 6) is -0.285. The summed E-state index contributed by atoms with van der Waals surface area (Å²) < 4.78 is 20.6. The van der Waals surface area contributed by atoms with Crippen molar-refractivity contribution in [3.8, 4) is 5.75 Å². The Bertz CT molecular complexity index is 950. The number of amides is 1. The van der Waals surface area contributed by atoms with Crippen LogP contribution in [-0.2, 0) is 11.4 Å². The molecule has 0 spiro atoms. The van der Waals surface area contributed by atoms with Crippen molar-refractivity contribution < 1.29 is 13.9 Å².